The molecule has 3 rings (SSSR count). The summed E-state index contributed by atoms with van der Waals surface area (Å²) in [5.41, 5.74) is 5.83. The lowest BCUT2D eigenvalue weighted by Gasteiger charge is -2.16. The molecule has 0 saturated heterocycles. The van der Waals surface area contributed by atoms with E-state index in [0.717, 1.165) is 46.2 Å². The molecule has 0 heterocycles. The van der Waals surface area contributed by atoms with Crippen molar-refractivity contribution < 1.29 is 14.1 Å². The van der Waals surface area contributed by atoms with Gasteiger partial charge in [0.25, 0.3) is 0 Å². The van der Waals surface area contributed by atoms with Crippen molar-refractivity contribution in [2.45, 2.75) is 23.3 Å². The normalized spacial score (nSPS) is 11.0. The molecule has 0 spiro atoms. The predicted molar refractivity (Wildman–Crippen MR) is 125 cm³/mol. The third kappa shape index (κ3) is 6.68. The molecule has 7 heteroatoms. The average Bonchev–Trinajstić information content (AvgIpc) is 2.73. The second-order valence-electron chi connectivity index (χ2n) is 6.94. The topological polar surface area (TPSA) is 43.0 Å². The SMILES string of the molecule is CSc1ccc(Oc2ccc(SOONc3ccccc3)cc2CN(C)C)cc1C. The first-order valence-corrected chi connectivity index (χ1v) is 11.4. The van der Waals surface area contributed by atoms with Crippen molar-refractivity contribution in [2.24, 2.45) is 0 Å². The molecule has 0 aliphatic rings. The summed E-state index contributed by atoms with van der Waals surface area (Å²) < 4.78 is 11.4. The number of thioether (sulfide) groups is 1. The van der Waals surface area contributed by atoms with E-state index in [1.54, 1.807) is 11.8 Å². The summed E-state index contributed by atoms with van der Waals surface area (Å²) in [6.07, 6.45) is 2.08. The van der Waals surface area contributed by atoms with Crippen LogP contribution in [0.4, 0.5) is 5.69 Å². The number of nitrogens with zero attached hydrogens (tertiary/aromatic N) is 1. The number of benzene rings is 3. The molecule has 0 atom stereocenters. The minimum absolute atomic E-state index is 0.745. The lowest BCUT2D eigenvalue weighted by molar-refractivity contribution is -0.161. The van der Waals surface area contributed by atoms with Crippen LogP contribution in [0.3, 0.4) is 0 Å². The van der Waals surface area contributed by atoms with E-state index in [2.05, 4.69) is 41.8 Å². The van der Waals surface area contributed by atoms with Gasteiger partial charge in [-0.1, -0.05) is 18.2 Å². The summed E-state index contributed by atoms with van der Waals surface area (Å²) in [7, 11) is 4.06. The fraction of sp³-hybridized carbons (Fsp3) is 0.217. The van der Waals surface area contributed by atoms with Gasteiger partial charge in [0.15, 0.2) is 0 Å². The van der Waals surface area contributed by atoms with Crippen LogP contribution in [0.15, 0.2) is 76.5 Å². The zero-order valence-corrected chi connectivity index (χ0v) is 19.2. The Morgan fingerprint density at radius 3 is 2.47 bits per heavy atom. The number of para-hydroxylation sites is 1. The van der Waals surface area contributed by atoms with E-state index >= 15 is 0 Å². The van der Waals surface area contributed by atoms with Gasteiger partial charge in [-0.3, -0.25) is 0 Å². The molecule has 0 bridgehead atoms. The summed E-state index contributed by atoms with van der Waals surface area (Å²) >= 11 is 2.88. The number of nitrogens with one attached hydrogen (secondary N) is 1. The molecule has 0 radical (unpaired) electrons. The van der Waals surface area contributed by atoms with Crippen molar-refractivity contribution in [3.05, 3.63) is 77.9 Å². The fourth-order valence-electron chi connectivity index (χ4n) is 2.84. The molecule has 3 aromatic carbocycles. The van der Waals surface area contributed by atoms with Crippen molar-refractivity contribution in [3.8, 4) is 11.5 Å². The zero-order valence-electron chi connectivity index (χ0n) is 17.5. The molecule has 0 aromatic heterocycles. The van der Waals surface area contributed by atoms with Crippen LogP contribution in [0.5, 0.6) is 11.5 Å². The van der Waals surface area contributed by atoms with Gasteiger partial charge in [-0.05, 0) is 81.4 Å². The minimum atomic E-state index is 0.745. The van der Waals surface area contributed by atoms with Crippen molar-refractivity contribution in [2.75, 3.05) is 25.8 Å². The molecule has 0 aliphatic heterocycles. The van der Waals surface area contributed by atoms with Gasteiger partial charge >= 0.3 is 0 Å². The highest BCUT2D eigenvalue weighted by Crippen LogP contribution is 2.32. The van der Waals surface area contributed by atoms with Crippen molar-refractivity contribution >= 4 is 29.5 Å². The number of anilines is 1. The first kappa shape index (κ1) is 22.5. The maximum absolute atomic E-state index is 6.20. The van der Waals surface area contributed by atoms with E-state index in [4.69, 9.17) is 14.1 Å². The Kier molecular flexibility index (Phi) is 8.48. The van der Waals surface area contributed by atoms with Crippen molar-refractivity contribution in [1.82, 2.24) is 4.90 Å². The summed E-state index contributed by atoms with van der Waals surface area (Å²) in [5, 5.41) is 0. The number of ether oxygens (including phenoxy) is 1. The summed E-state index contributed by atoms with van der Waals surface area (Å²) in [6, 6.07) is 21.7. The molecule has 1 N–H and O–H groups in total. The van der Waals surface area contributed by atoms with E-state index in [0.29, 0.717) is 0 Å². The van der Waals surface area contributed by atoms with Gasteiger partial charge in [0.05, 0.1) is 17.7 Å². The van der Waals surface area contributed by atoms with Gasteiger partial charge in [-0.25, -0.2) is 5.48 Å². The second-order valence-corrected chi connectivity index (χ2v) is 8.57. The largest absolute Gasteiger partial charge is 0.457 e. The summed E-state index contributed by atoms with van der Waals surface area (Å²) in [4.78, 5) is 9.35. The van der Waals surface area contributed by atoms with Crippen LogP contribution in [0.1, 0.15) is 11.1 Å². The van der Waals surface area contributed by atoms with Crippen LogP contribution in [0.2, 0.25) is 0 Å². The predicted octanol–water partition coefficient (Wildman–Crippen LogP) is 6.55. The lowest BCUT2D eigenvalue weighted by atomic mass is 10.2. The van der Waals surface area contributed by atoms with Crippen molar-refractivity contribution in [1.29, 1.82) is 0 Å². The van der Waals surface area contributed by atoms with E-state index in [1.807, 2.05) is 62.6 Å². The Hall–Kier alpha value is -2.16. The Morgan fingerprint density at radius 2 is 1.77 bits per heavy atom. The molecule has 158 valence electrons. The Labute approximate surface area is 186 Å². The maximum atomic E-state index is 6.20. The Morgan fingerprint density at radius 1 is 0.967 bits per heavy atom. The van der Waals surface area contributed by atoms with E-state index < -0.39 is 0 Å². The van der Waals surface area contributed by atoms with Gasteiger partial charge in [0.2, 0.25) is 0 Å². The number of hydrogen-bond donors (Lipinski definition) is 1. The molecular formula is C23H26N2O3S2. The highest BCUT2D eigenvalue weighted by atomic mass is 32.2. The zero-order chi connectivity index (χ0) is 21.3. The first-order chi connectivity index (χ1) is 14.5. The van der Waals surface area contributed by atoms with Crippen LogP contribution in [-0.2, 0) is 15.9 Å². The minimum Gasteiger partial charge on any atom is -0.457 e. The third-order valence-corrected chi connectivity index (χ3v) is 5.69. The smallest absolute Gasteiger partial charge is 0.132 e. The average molecular weight is 443 g/mol. The first-order valence-electron chi connectivity index (χ1n) is 9.46. The number of aryl methyl sites for hydroxylation is 1. The molecule has 0 aliphatic carbocycles. The monoisotopic (exact) mass is 442 g/mol. The molecule has 30 heavy (non-hydrogen) atoms. The van der Waals surface area contributed by atoms with Crippen LogP contribution in [0.25, 0.3) is 0 Å². The second kappa shape index (κ2) is 11.3. The quantitative estimate of drug-likeness (QED) is 0.125. The van der Waals surface area contributed by atoms with Crippen LogP contribution >= 0.6 is 23.8 Å². The van der Waals surface area contributed by atoms with Gasteiger partial charge < -0.3 is 9.64 Å². The molecule has 0 unspecified atom stereocenters. The highest BCUT2D eigenvalue weighted by Gasteiger charge is 2.10. The maximum Gasteiger partial charge on any atom is 0.132 e. The lowest BCUT2D eigenvalue weighted by Crippen LogP contribution is -2.11. The van der Waals surface area contributed by atoms with Crippen LogP contribution in [-0.4, -0.2) is 25.3 Å². The van der Waals surface area contributed by atoms with Gasteiger partial charge in [0, 0.05) is 21.9 Å². The summed E-state index contributed by atoms with van der Waals surface area (Å²) in [6.45, 7) is 2.84. The number of rotatable bonds is 10. The molecule has 0 saturated carbocycles. The molecule has 3 aromatic rings. The molecule has 0 fully saturated rings. The molecule has 0 amide bonds. The highest BCUT2D eigenvalue weighted by molar-refractivity contribution is 7.98. The van der Waals surface area contributed by atoms with Gasteiger partial charge in [0.1, 0.15) is 11.5 Å². The Balaban J connectivity index is 1.66. The third-order valence-electron chi connectivity index (χ3n) is 4.21. The van der Waals surface area contributed by atoms with Gasteiger partial charge in [-0.2, -0.15) is 0 Å². The Bertz CT molecular complexity index is 952. The molecule has 5 nitrogen and oxygen atoms in total. The van der Waals surface area contributed by atoms with E-state index in [-0.39, 0.29) is 0 Å². The number of hydrogen-bond acceptors (Lipinski definition) is 7. The fourth-order valence-corrected chi connectivity index (χ4v) is 3.89. The summed E-state index contributed by atoms with van der Waals surface area (Å²) in [5.74, 6) is 1.66. The standard InChI is InChI=1S/C23H26N2O3S2/c1-17-14-20(10-13-23(17)29-4)26-22-12-11-21(15-18(22)16-25(2)3)30-28-27-24-19-8-6-5-7-9-19/h5-15,24H,16H2,1-4H3. The van der Waals surface area contributed by atoms with Crippen LogP contribution < -0.4 is 10.2 Å². The van der Waals surface area contributed by atoms with E-state index in [9.17, 15) is 0 Å². The van der Waals surface area contributed by atoms with Crippen LogP contribution in [0, 0.1) is 6.92 Å². The molecular weight excluding hydrogens is 416 g/mol. The van der Waals surface area contributed by atoms with E-state index in [1.165, 1.54) is 10.5 Å². The van der Waals surface area contributed by atoms with Gasteiger partial charge in [-0.15, -0.1) is 21.1 Å². The van der Waals surface area contributed by atoms with Crippen molar-refractivity contribution in [3.63, 3.8) is 0 Å².